The molecule has 0 fully saturated rings. The van der Waals surface area contributed by atoms with Gasteiger partial charge in [-0.2, -0.15) is 0 Å². The first kappa shape index (κ1) is 11.1. The Kier molecular flexibility index (Phi) is 4.50. The Morgan fingerprint density at radius 2 is 2.29 bits per heavy atom. The molecular formula is C11H19NO2. The maximum absolute atomic E-state index is 11.0. The fourth-order valence-corrected chi connectivity index (χ4v) is 1.64. The third-order valence-corrected chi connectivity index (χ3v) is 2.54. The van der Waals surface area contributed by atoms with Crippen LogP contribution in [0.3, 0.4) is 0 Å². The average Bonchev–Trinajstić information content (AvgIpc) is 2.14. The molecule has 1 N–H and O–H groups in total. The van der Waals surface area contributed by atoms with Gasteiger partial charge >= 0.3 is 6.09 Å². The summed E-state index contributed by atoms with van der Waals surface area (Å²) in [5, 5.41) is 2.46. The van der Waals surface area contributed by atoms with Crippen LogP contribution in [0.4, 0.5) is 4.79 Å². The molecule has 0 aromatic rings. The van der Waals surface area contributed by atoms with Crippen molar-refractivity contribution in [2.75, 3.05) is 7.05 Å². The molecule has 3 nitrogen and oxygen atoms in total. The molecule has 0 aromatic carbocycles. The van der Waals surface area contributed by atoms with Crippen molar-refractivity contribution in [2.24, 2.45) is 5.92 Å². The van der Waals surface area contributed by atoms with Crippen LogP contribution in [-0.4, -0.2) is 19.2 Å². The van der Waals surface area contributed by atoms with Crippen LogP contribution in [-0.2, 0) is 4.74 Å². The zero-order chi connectivity index (χ0) is 10.4. The fraction of sp³-hybridized carbons (Fsp3) is 0.727. The maximum atomic E-state index is 11.0. The molecule has 0 spiro atoms. The summed E-state index contributed by atoms with van der Waals surface area (Å²) in [6, 6.07) is 0. The predicted molar refractivity (Wildman–Crippen MR) is 56.1 cm³/mol. The molecule has 1 aliphatic carbocycles. The van der Waals surface area contributed by atoms with Gasteiger partial charge in [0, 0.05) is 7.05 Å². The highest BCUT2D eigenvalue weighted by atomic mass is 16.6. The van der Waals surface area contributed by atoms with Gasteiger partial charge in [0.05, 0.1) is 0 Å². The van der Waals surface area contributed by atoms with Crippen molar-refractivity contribution in [3.8, 4) is 0 Å². The number of carbonyl (C=O) groups excluding carboxylic acids is 1. The van der Waals surface area contributed by atoms with Crippen LogP contribution in [0.2, 0.25) is 0 Å². The first-order chi connectivity index (χ1) is 6.72. The Morgan fingerprint density at radius 3 is 3.00 bits per heavy atom. The molecule has 3 heteroatoms. The van der Waals surface area contributed by atoms with E-state index >= 15 is 0 Å². The summed E-state index contributed by atoms with van der Waals surface area (Å²) in [7, 11) is 1.58. The Labute approximate surface area is 85.5 Å². The molecule has 0 aromatic heterocycles. The highest BCUT2D eigenvalue weighted by Gasteiger charge is 2.13. The third kappa shape index (κ3) is 3.81. The van der Waals surface area contributed by atoms with E-state index in [0.29, 0.717) is 0 Å². The molecule has 0 saturated carbocycles. The number of hydrogen-bond donors (Lipinski definition) is 1. The van der Waals surface area contributed by atoms with Crippen LogP contribution < -0.4 is 5.32 Å². The Balaban J connectivity index is 2.41. The van der Waals surface area contributed by atoms with E-state index in [0.717, 1.165) is 25.2 Å². The third-order valence-electron chi connectivity index (χ3n) is 2.54. The standard InChI is InChI=1S/C11H19NO2/c1-9-5-3-7-10(8-4-6-9)14-11(13)12-2/h3,7,9-10H,4-6,8H2,1-2H3,(H,12,13)/b7-3-. The topological polar surface area (TPSA) is 38.3 Å². The van der Waals surface area contributed by atoms with Crippen molar-refractivity contribution in [3.63, 3.8) is 0 Å². The molecule has 0 radical (unpaired) electrons. The molecule has 2 atom stereocenters. The van der Waals surface area contributed by atoms with Gasteiger partial charge in [-0.25, -0.2) is 4.79 Å². The lowest BCUT2D eigenvalue weighted by Crippen LogP contribution is -2.25. The number of carbonyl (C=O) groups is 1. The number of ether oxygens (including phenoxy) is 1. The van der Waals surface area contributed by atoms with E-state index < -0.39 is 0 Å². The zero-order valence-corrected chi connectivity index (χ0v) is 8.95. The minimum absolute atomic E-state index is 0.0394. The van der Waals surface area contributed by atoms with E-state index in [1.807, 2.05) is 6.08 Å². The quantitative estimate of drug-likeness (QED) is 0.656. The van der Waals surface area contributed by atoms with Gasteiger partial charge in [0.25, 0.3) is 0 Å². The minimum Gasteiger partial charge on any atom is -0.442 e. The van der Waals surface area contributed by atoms with Crippen molar-refractivity contribution in [3.05, 3.63) is 12.2 Å². The lowest BCUT2D eigenvalue weighted by Gasteiger charge is -2.18. The normalized spacial score (nSPS) is 29.9. The number of alkyl carbamates (subject to hydrolysis) is 1. The Bertz CT molecular complexity index is 213. The lowest BCUT2D eigenvalue weighted by atomic mass is 9.96. The van der Waals surface area contributed by atoms with E-state index in [-0.39, 0.29) is 12.2 Å². The number of amides is 1. The summed E-state index contributed by atoms with van der Waals surface area (Å²) in [6.07, 6.45) is 8.13. The van der Waals surface area contributed by atoms with Gasteiger partial charge in [0.1, 0.15) is 6.10 Å². The van der Waals surface area contributed by atoms with Crippen LogP contribution in [0.1, 0.15) is 32.6 Å². The Hall–Kier alpha value is -0.990. The molecule has 0 aliphatic heterocycles. The summed E-state index contributed by atoms with van der Waals surface area (Å²) in [6.45, 7) is 2.25. The van der Waals surface area contributed by atoms with E-state index in [4.69, 9.17) is 4.74 Å². The lowest BCUT2D eigenvalue weighted by molar-refractivity contribution is 0.114. The van der Waals surface area contributed by atoms with Gasteiger partial charge in [0.2, 0.25) is 0 Å². The zero-order valence-electron chi connectivity index (χ0n) is 8.95. The van der Waals surface area contributed by atoms with Crippen molar-refractivity contribution in [1.29, 1.82) is 0 Å². The molecule has 2 unspecified atom stereocenters. The molecule has 0 bridgehead atoms. The smallest absolute Gasteiger partial charge is 0.407 e. The first-order valence-electron chi connectivity index (χ1n) is 5.27. The van der Waals surface area contributed by atoms with E-state index in [1.165, 1.54) is 6.42 Å². The van der Waals surface area contributed by atoms with Crippen LogP contribution in [0.15, 0.2) is 12.2 Å². The summed E-state index contributed by atoms with van der Waals surface area (Å²) in [5.74, 6) is 0.757. The highest BCUT2D eigenvalue weighted by molar-refractivity contribution is 5.67. The van der Waals surface area contributed by atoms with Gasteiger partial charge in [0.15, 0.2) is 0 Å². The molecule has 80 valence electrons. The van der Waals surface area contributed by atoms with Crippen molar-refractivity contribution >= 4 is 6.09 Å². The largest absolute Gasteiger partial charge is 0.442 e. The van der Waals surface area contributed by atoms with Crippen molar-refractivity contribution < 1.29 is 9.53 Å². The molecule has 0 saturated heterocycles. The average molecular weight is 197 g/mol. The van der Waals surface area contributed by atoms with E-state index in [1.54, 1.807) is 7.05 Å². The minimum atomic E-state index is -0.340. The monoisotopic (exact) mass is 197 g/mol. The first-order valence-corrected chi connectivity index (χ1v) is 5.27. The van der Waals surface area contributed by atoms with Crippen LogP contribution in [0.25, 0.3) is 0 Å². The van der Waals surface area contributed by atoms with Crippen LogP contribution >= 0.6 is 0 Å². The summed E-state index contributed by atoms with van der Waals surface area (Å²) in [5.41, 5.74) is 0. The van der Waals surface area contributed by atoms with Gasteiger partial charge in [-0.15, -0.1) is 0 Å². The van der Waals surface area contributed by atoms with Crippen molar-refractivity contribution in [2.45, 2.75) is 38.7 Å². The maximum Gasteiger partial charge on any atom is 0.407 e. The SMILES string of the molecule is CNC(=O)OC1/C=C\CC(C)CCC1. The van der Waals surface area contributed by atoms with Crippen LogP contribution in [0, 0.1) is 5.92 Å². The second-order valence-electron chi connectivity index (χ2n) is 3.89. The van der Waals surface area contributed by atoms with Gasteiger partial charge < -0.3 is 10.1 Å². The van der Waals surface area contributed by atoms with E-state index in [2.05, 4.69) is 18.3 Å². The molecule has 0 heterocycles. The summed E-state index contributed by atoms with van der Waals surface area (Å²) in [4.78, 5) is 11.0. The molecule has 1 aliphatic rings. The van der Waals surface area contributed by atoms with Gasteiger partial charge in [-0.1, -0.05) is 19.4 Å². The Morgan fingerprint density at radius 1 is 1.50 bits per heavy atom. The number of nitrogens with one attached hydrogen (secondary N) is 1. The highest BCUT2D eigenvalue weighted by Crippen LogP contribution is 2.18. The second-order valence-corrected chi connectivity index (χ2v) is 3.89. The fourth-order valence-electron chi connectivity index (χ4n) is 1.64. The number of rotatable bonds is 1. The molecule has 1 amide bonds. The molecular weight excluding hydrogens is 178 g/mol. The van der Waals surface area contributed by atoms with Gasteiger partial charge in [-0.3, -0.25) is 0 Å². The molecule has 14 heavy (non-hydrogen) atoms. The summed E-state index contributed by atoms with van der Waals surface area (Å²) >= 11 is 0. The van der Waals surface area contributed by atoms with Crippen molar-refractivity contribution in [1.82, 2.24) is 5.32 Å². The van der Waals surface area contributed by atoms with Crippen LogP contribution in [0.5, 0.6) is 0 Å². The molecule has 1 rings (SSSR count). The summed E-state index contributed by atoms with van der Waals surface area (Å²) < 4.78 is 5.17. The van der Waals surface area contributed by atoms with Gasteiger partial charge in [-0.05, 0) is 31.3 Å². The number of allylic oxidation sites excluding steroid dienone is 1. The second kappa shape index (κ2) is 5.68. The number of hydrogen-bond acceptors (Lipinski definition) is 2. The predicted octanol–water partition coefficient (Wildman–Crippen LogP) is 2.48. The van der Waals surface area contributed by atoms with E-state index in [9.17, 15) is 4.79 Å².